The molecule has 0 saturated carbocycles. The van der Waals surface area contributed by atoms with E-state index in [4.69, 9.17) is 9.47 Å². The lowest BCUT2D eigenvalue weighted by Crippen LogP contribution is -2.40. The number of aromatic nitrogens is 1. The second-order valence-corrected chi connectivity index (χ2v) is 7.08. The van der Waals surface area contributed by atoms with Gasteiger partial charge in [0.1, 0.15) is 5.92 Å². The zero-order valence-corrected chi connectivity index (χ0v) is 17.9. The lowest BCUT2D eigenvalue weighted by Gasteiger charge is -2.22. The number of hydrogen-bond acceptors (Lipinski definition) is 6. The number of nitrogens with one attached hydrogen (secondary N) is 1. The lowest BCUT2D eigenvalue weighted by molar-refractivity contribution is -0.149. The summed E-state index contributed by atoms with van der Waals surface area (Å²) in [6.07, 6.45) is 1.06. The fourth-order valence-electron chi connectivity index (χ4n) is 3.29. The number of amides is 1. The van der Waals surface area contributed by atoms with E-state index in [2.05, 4.69) is 4.98 Å². The van der Waals surface area contributed by atoms with Crippen molar-refractivity contribution in [3.05, 3.63) is 66.4 Å². The van der Waals surface area contributed by atoms with E-state index in [1.54, 1.807) is 49.4 Å². The van der Waals surface area contributed by atoms with E-state index < -0.39 is 42.6 Å². The van der Waals surface area contributed by atoms with Crippen molar-refractivity contribution in [3.63, 3.8) is 0 Å². The molecule has 32 heavy (non-hydrogen) atoms. The van der Waals surface area contributed by atoms with Crippen LogP contribution < -0.4 is 4.90 Å². The van der Waals surface area contributed by atoms with Crippen molar-refractivity contribution in [1.29, 1.82) is 0 Å². The first-order valence-corrected chi connectivity index (χ1v) is 10.2. The van der Waals surface area contributed by atoms with Crippen LogP contribution in [-0.2, 0) is 23.9 Å². The Morgan fingerprint density at radius 2 is 1.66 bits per heavy atom. The Morgan fingerprint density at radius 3 is 2.38 bits per heavy atom. The highest BCUT2D eigenvalue weighted by atomic mass is 16.5. The van der Waals surface area contributed by atoms with E-state index in [9.17, 15) is 19.2 Å². The van der Waals surface area contributed by atoms with E-state index in [1.807, 2.05) is 12.1 Å². The predicted molar refractivity (Wildman–Crippen MR) is 118 cm³/mol. The summed E-state index contributed by atoms with van der Waals surface area (Å²) in [5, 5.41) is 0.660. The minimum absolute atomic E-state index is 0.123. The maximum atomic E-state index is 13.0. The molecule has 0 aliphatic heterocycles. The van der Waals surface area contributed by atoms with Gasteiger partial charge in [-0.2, -0.15) is 0 Å². The highest BCUT2D eigenvalue weighted by molar-refractivity contribution is 6.11. The number of benzene rings is 2. The van der Waals surface area contributed by atoms with Gasteiger partial charge in [0, 0.05) is 29.8 Å². The number of para-hydroxylation sites is 2. The van der Waals surface area contributed by atoms with Gasteiger partial charge >= 0.3 is 11.9 Å². The third kappa shape index (κ3) is 5.21. The molecular formula is C24H24N2O6. The van der Waals surface area contributed by atoms with Gasteiger partial charge in [0.25, 0.3) is 0 Å². The highest BCUT2D eigenvalue weighted by Crippen LogP contribution is 2.20. The van der Waals surface area contributed by atoms with Crippen molar-refractivity contribution < 1.29 is 28.7 Å². The largest absolute Gasteiger partial charge is 0.466 e. The summed E-state index contributed by atoms with van der Waals surface area (Å²) in [7, 11) is 1.51. The van der Waals surface area contributed by atoms with Crippen molar-refractivity contribution in [2.75, 3.05) is 25.2 Å². The van der Waals surface area contributed by atoms with Gasteiger partial charge < -0.3 is 19.4 Å². The molecule has 1 atom stereocenters. The van der Waals surface area contributed by atoms with Crippen molar-refractivity contribution in [2.24, 2.45) is 5.92 Å². The van der Waals surface area contributed by atoms with Crippen LogP contribution in [0, 0.1) is 5.92 Å². The third-order valence-corrected chi connectivity index (χ3v) is 4.99. The molecule has 0 radical (unpaired) electrons. The quantitative estimate of drug-likeness (QED) is 0.408. The molecule has 1 aromatic heterocycles. The van der Waals surface area contributed by atoms with Crippen LogP contribution in [0.2, 0.25) is 0 Å². The van der Waals surface area contributed by atoms with E-state index in [1.165, 1.54) is 18.1 Å². The van der Waals surface area contributed by atoms with Crippen LogP contribution in [-0.4, -0.2) is 48.9 Å². The summed E-state index contributed by atoms with van der Waals surface area (Å²) in [6.45, 7) is 1.12. The highest BCUT2D eigenvalue weighted by Gasteiger charge is 2.33. The van der Waals surface area contributed by atoms with Crippen LogP contribution in [0.1, 0.15) is 23.7 Å². The molecule has 2 aromatic carbocycles. The van der Waals surface area contributed by atoms with Crippen LogP contribution >= 0.6 is 0 Å². The molecule has 3 rings (SSSR count). The molecule has 1 heterocycles. The standard InChI is InChI=1S/C24H24N2O6/c1-3-31-22(28)13-18(23(29)26(2)16-9-5-4-6-10-16)21(27)15-32-24(30)19-14-25-20-12-8-7-11-17(19)20/h4-12,14,18,25H,3,13,15H2,1-2H3. The number of carbonyl (C=O) groups is 4. The monoisotopic (exact) mass is 436 g/mol. The van der Waals surface area contributed by atoms with Crippen LogP contribution in [0.3, 0.4) is 0 Å². The molecule has 0 aliphatic rings. The van der Waals surface area contributed by atoms with Crippen molar-refractivity contribution in [1.82, 2.24) is 4.98 Å². The maximum Gasteiger partial charge on any atom is 0.340 e. The molecule has 0 aliphatic carbocycles. The lowest BCUT2D eigenvalue weighted by atomic mass is 9.98. The second-order valence-electron chi connectivity index (χ2n) is 7.08. The zero-order valence-electron chi connectivity index (χ0n) is 17.9. The average molecular weight is 436 g/mol. The van der Waals surface area contributed by atoms with Gasteiger partial charge in [-0.05, 0) is 25.1 Å². The van der Waals surface area contributed by atoms with E-state index in [0.29, 0.717) is 11.1 Å². The molecule has 1 amide bonds. The van der Waals surface area contributed by atoms with E-state index in [0.717, 1.165) is 5.52 Å². The Labute approximate surface area is 185 Å². The number of hydrogen-bond donors (Lipinski definition) is 1. The van der Waals surface area contributed by atoms with Gasteiger partial charge in [-0.25, -0.2) is 4.79 Å². The number of anilines is 1. The number of H-pyrrole nitrogens is 1. The maximum absolute atomic E-state index is 13.0. The minimum atomic E-state index is -1.34. The number of rotatable bonds is 9. The third-order valence-electron chi connectivity index (χ3n) is 4.99. The number of fused-ring (bicyclic) bond motifs is 1. The summed E-state index contributed by atoms with van der Waals surface area (Å²) in [5.41, 5.74) is 1.60. The number of esters is 2. The number of carbonyl (C=O) groups excluding carboxylic acids is 4. The van der Waals surface area contributed by atoms with Crippen LogP contribution in [0.4, 0.5) is 5.69 Å². The first-order chi connectivity index (χ1) is 15.4. The van der Waals surface area contributed by atoms with Crippen LogP contribution in [0.5, 0.6) is 0 Å². The molecule has 0 saturated heterocycles. The second kappa shape index (κ2) is 10.4. The average Bonchev–Trinajstić information content (AvgIpc) is 3.25. The summed E-state index contributed by atoms with van der Waals surface area (Å²) in [5.74, 6) is -3.98. The van der Waals surface area contributed by atoms with Gasteiger partial charge in [0.05, 0.1) is 18.6 Å². The molecule has 3 aromatic rings. The number of aromatic amines is 1. The smallest absolute Gasteiger partial charge is 0.340 e. The molecule has 8 nitrogen and oxygen atoms in total. The summed E-state index contributed by atoms with van der Waals surface area (Å²) in [6, 6.07) is 15.9. The number of ketones is 1. The minimum Gasteiger partial charge on any atom is -0.466 e. The van der Waals surface area contributed by atoms with Crippen molar-refractivity contribution in [2.45, 2.75) is 13.3 Å². The summed E-state index contributed by atoms with van der Waals surface area (Å²) >= 11 is 0. The predicted octanol–water partition coefficient (Wildman–Crippen LogP) is 3.13. The van der Waals surface area contributed by atoms with E-state index in [-0.39, 0.29) is 12.2 Å². The van der Waals surface area contributed by atoms with Crippen LogP contribution in [0.25, 0.3) is 10.9 Å². The van der Waals surface area contributed by atoms with Gasteiger partial charge in [-0.1, -0.05) is 36.4 Å². The van der Waals surface area contributed by atoms with Gasteiger partial charge in [0.15, 0.2) is 12.4 Å². The number of nitrogens with zero attached hydrogens (tertiary/aromatic N) is 1. The first kappa shape index (κ1) is 22.7. The molecular weight excluding hydrogens is 412 g/mol. The van der Waals surface area contributed by atoms with Gasteiger partial charge in [-0.3, -0.25) is 14.4 Å². The van der Waals surface area contributed by atoms with Gasteiger partial charge in [-0.15, -0.1) is 0 Å². The first-order valence-electron chi connectivity index (χ1n) is 10.2. The summed E-state index contributed by atoms with van der Waals surface area (Å²) < 4.78 is 10.1. The number of ether oxygens (including phenoxy) is 2. The molecule has 1 N–H and O–H groups in total. The Balaban J connectivity index is 1.73. The fraction of sp³-hybridized carbons (Fsp3) is 0.250. The van der Waals surface area contributed by atoms with Crippen LogP contribution in [0.15, 0.2) is 60.8 Å². The zero-order chi connectivity index (χ0) is 23.1. The molecule has 8 heteroatoms. The Hall–Kier alpha value is -3.94. The van der Waals surface area contributed by atoms with Gasteiger partial charge in [0.2, 0.25) is 5.91 Å². The Bertz CT molecular complexity index is 1120. The van der Waals surface area contributed by atoms with Crippen molar-refractivity contribution >= 4 is 40.2 Å². The molecule has 0 fully saturated rings. The molecule has 1 unspecified atom stereocenters. The SMILES string of the molecule is CCOC(=O)CC(C(=O)COC(=O)c1c[nH]c2ccccc12)C(=O)N(C)c1ccccc1. The fourth-order valence-corrected chi connectivity index (χ4v) is 3.29. The molecule has 166 valence electrons. The molecule has 0 bridgehead atoms. The number of Topliss-reactive ketones (excluding diaryl/α,β-unsaturated/α-hetero) is 1. The normalized spacial score (nSPS) is 11.6. The van der Waals surface area contributed by atoms with E-state index >= 15 is 0 Å². The molecule has 0 spiro atoms. The Morgan fingerprint density at radius 1 is 0.969 bits per heavy atom. The topological polar surface area (TPSA) is 106 Å². The Kier molecular flexibility index (Phi) is 7.38. The van der Waals surface area contributed by atoms with Crippen molar-refractivity contribution in [3.8, 4) is 0 Å². The summed E-state index contributed by atoms with van der Waals surface area (Å²) in [4.78, 5) is 54.7.